The molecule has 0 unspecified atom stereocenters. The summed E-state index contributed by atoms with van der Waals surface area (Å²) in [6.07, 6.45) is 0.946. The van der Waals surface area contributed by atoms with E-state index in [2.05, 4.69) is 13.8 Å². The first-order valence-electron chi connectivity index (χ1n) is 4.58. The summed E-state index contributed by atoms with van der Waals surface area (Å²) in [5.74, 6) is 0. The zero-order chi connectivity index (χ0) is 10.9. The van der Waals surface area contributed by atoms with Crippen LogP contribution in [-0.2, 0) is 0 Å². The largest absolute Gasteiger partial charge is 0.326 e. The van der Waals surface area contributed by atoms with Crippen molar-refractivity contribution in [2.24, 2.45) is 11.1 Å². The molecule has 13 heavy (non-hydrogen) atoms. The van der Waals surface area contributed by atoms with Gasteiger partial charge in [0.15, 0.2) is 0 Å². The van der Waals surface area contributed by atoms with Crippen LogP contribution >= 0.6 is 22.2 Å². The van der Waals surface area contributed by atoms with Gasteiger partial charge in [0.05, 0.1) is 0 Å². The van der Waals surface area contributed by atoms with Crippen LogP contribution in [0.1, 0.15) is 34.1 Å². The number of rotatable bonds is 4. The Balaban J connectivity index is 4.25. The maximum absolute atomic E-state index is 6.11. The highest BCUT2D eigenvalue weighted by molar-refractivity contribution is 7.44. The Morgan fingerprint density at radius 3 is 1.77 bits per heavy atom. The predicted molar refractivity (Wildman–Crippen MR) is 64.8 cm³/mol. The monoisotopic (exact) mass is 241 g/mol. The molecule has 1 nitrogen and oxygen atoms in total. The van der Waals surface area contributed by atoms with Crippen molar-refractivity contribution in [2.75, 3.05) is 0 Å². The van der Waals surface area contributed by atoms with Crippen molar-refractivity contribution in [1.82, 2.24) is 0 Å². The first kappa shape index (κ1) is 13.8. The average molecular weight is 242 g/mol. The number of nitrogens with two attached hydrogens (primary N) is 1. The molecule has 0 fully saturated rings. The molecular weight excluding hydrogens is 221 g/mol. The molecule has 80 valence electrons. The van der Waals surface area contributed by atoms with Gasteiger partial charge in [-0.2, -0.15) is 0 Å². The lowest BCUT2D eigenvalue weighted by Gasteiger charge is -2.34. The third-order valence-corrected chi connectivity index (χ3v) is 4.10. The van der Waals surface area contributed by atoms with E-state index in [1.165, 1.54) is 0 Å². The molecular formula is C9H21Cl2NSi. The van der Waals surface area contributed by atoms with Crippen LogP contribution in [0.2, 0.25) is 12.6 Å². The Hall–Kier alpha value is 0.757. The molecule has 0 amide bonds. The molecule has 0 rings (SSSR count). The van der Waals surface area contributed by atoms with E-state index < -0.39 is 6.69 Å². The minimum Gasteiger partial charge on any atom is -0.326 e. The van der Waals surface area contributed by atoms with Gasteiger partial charge in [-0.25, -0.2) is 0 Å². The summed E-state index contributed by atoms with van der Waals surface area (Å²) in [5.41, 5.74) is 5.97. The lowest BCUT2D eigenvalue weighted by atomic mass is 9.82. The van der Waals surface area contributed by atoms with Crippen LogP contribution in [-0.4, -0.2) is 12.2 Å². The van der Waals surface area contributed by atoms with Gasteiger partial charge in [-0.05, 0) is 38.3 Å². The summed E-state index contributed by atoms with van der Waals surface area (Å²) in [5, 5.41) is 0. The minimum atomic E-state index is -2.00. The molecule has 0 aromatic carbocycles. The Labute approximate surface area is 92.4 Å². The van der Waals surface area contributed by atoms with Gasteiger partial charge in [0.2, 0.25) is 6.69 Å². The third-order valence-electron chi connectivity index (χ3n) is 1.72. The lowest BCUT2D eigenvalue weighted by Crippen LogP contribution is -2.39. The van der Waals surface area contributed by atoms with Gasteiger partial charge in [-0.1, -0.05) is 13.8 Å². The summed E-state index contributed by atoms with van der Waals surface area (Å²) < 4.78 is 0. The van der Waals surface area contributed by atoms with Crippen LogP contribution in [0.15, 0.2) is 0 Å². The van der Waals surface area contributed by atoms with Crippen LogP contribution in [0, 0.1) is 5.41 Å². The van der Waals surface area contributed by atoms with E-state index in [4.69, 9.17) is 27.9 Å². The summed E-state index contributed by atoms with van der Waals surface area (Å²) in [6, 6.07) is 0.893. The van der Waals surface area contributed by atoms with Crippen LogP contribution < -0.4 is 5.73 Å². The molecule has 0 aromatic heterocycles. The summed E-state index contributed by atoms with van der Waals surface area (Å²) >= 11 is 12.2. The zero-order valence-corrected chi connectivity index (χ0v) is 11.8. The third kappa shape index (κ3) is 9.07. The molecule has 0 aromatic rings. The zero-order valence-electron chi connectivity index (χ0n) is 9.25. The van der Waals surface area contributed by atoms with Crippen LogP contribution in [0.5, 0.6) is 0 Å². The fourth-order valence-electron chi connectivity index (χ4n) is 2.14. The molecule has 4 heteroatoms. The van der Waals surface area contributed by atoms with Gasteiger partial charge >= 0.3 is 0 Å². The van der Waals surface area contributed by atoms with Crippen molar-refractivity contribution in [3.63, 3.8) is 0 Å². The van der Waals surface area contributed by atoms with E-state index in [9.17, 15) is 0 Å². The maximum Gasteiger partial charge on any atom is 0.248 e. The van der Waals surface area contributed by atoms with Crippen molar-refractivity contribution in [2.45, 2.75) is 52.2 Å². The number of halogens is 2. The fraction of sp³-hybridized carbons (Fsp3) is 1.00. The van der Waals surface area contributed by atoms with Crippen molar-refractivity contribution in [3.8, 4) is 0 Å². The van der Waals surface area contributed by atoms with E-state index in [1.807, 2.05) is 20.4 Å². The molecule has 0 aliphatic heterocycles. The van der Waals surface area contributed by atoms with E-state index in [0.717, 1.165) is 12.5 Å². The molecule has 0 aliphatic carbocycles. The van der Waals surface area contributed by atoms with E-state index >= 15 is 0 Å². The Morgan fingerprint density at radius 1 is 1.15 bits per heavy atom. The van der Waals surface area contributed by atoms with Gasteiger partial charge in [0.25, 0.3) is 0 Å². The molecule has 0 heterocycles. The van der Waals surface area contributed by atoms with Crippen LogP contribution in [0.3, 0.4) is 0 Å². The standard InChI is InChI=1S/C9H21Cl2NSi/c1-8(2,6-9(3,4)12)7-13(5,10)11/h6-7,12H2,1-5H3. The minimum absolute atomic E-state index is 0.142. The fourth-order valence-corrected chi connectivity index (χ4v) is 6.11. The summed E-state index contributed by atoms with van der Waals surface area (Å²) in [4.78, 5) is 0. The molecule has 0 spiro atoms. The molecule has 0 atom stereocenters. The first-order valence-corrected chi connectivity index (χ1v) is 9.31. The van der Waals surface area contributed by atoms with Crippen molar-refractivity contribution in [3.05, 3.63) is 0 Å². The van der Waals surface area contributed by atoms with Gasteiger partial charge in [-0.3, -0.25) is 0 Å². The second kappa shape index (κ2) is 4.09. The van der Waals surface area contributed by atoms with Crippen molar-refractivity contribution >= 4 is 28.9 Å². The van der Waals surface area contributed by atoms with E-state index in [-0.39, 0.29) is 11.0 Å². The topological polar surface area (TPSA) is 26.0 Å². The lowest BCUT2D eigenvalue weighted by molar-refractivity contribution is 0.285. The highest BCUT2D eigenvalue weighted by atomic mass is 35.7. The molecule has 0 bridgehead atoms. The van der Waals surface area contributed by atoms with Gasteiger partial charge in [0, 0.05) is 5.54 Å². The quantitative estimate of drug-likeness (QED) is 0.590. The van der Waals surface area contributed by atoms with Crippen LogP contribution in [0.4, 0.5) is 0 Å². The Morgan fingerprint density at radius 2 is 1.54 bits per heavy atom. The SMILES string of the molecule is CC(C)(N)CC(C)(C)C[Si](C)(Cl)Cl. The summed E-state index contributed by atoms with van der Waals surface area (Å²) in [7, 11) is 0. The van der Waals surface area contributed by atoms with Gasteiger partial charge < -0.3 is 5.73 Å². The summed E-state index contributed by atoms with van der Waals surface area (Å²) in [6.45, 7) is 8.39. The first-order chi connectivity index (χ1) is 5.41. The molecule has 2 N–H and O–H groups in total. The Kier molecular flexibility index (Phi) is 4.33. The molecule has 0 aliphatic rings. The normalized spacial score (nSPS) is 14.8. The average Bonchev–Trinajstić information content (AvgIpc) is 1.43. The van der Waals surface area contributed by atoms with Crippen molar-refractivity contribution < 1.29 is 0 Å². The van der Waals surface area contributed by atoms with Crippen LogP contribution in [0.25, 0.3) is 0 Å². The molecule has 0 saturated heterocycles. The highest BCUT2D eigenvalue weighted by Gasteiger charge is 2.34. The number of hydrogen-bond donors (Lipinski definition) is 1. The van der Waals surface area contributed by atoms with Gasteiger partial charge in [-0.15, -0.1) is 22.2 Å². The molecule has 0 radical (unpaired) electrons. The van der Waals surface area contributed by atoms with Gasteiger partial charge in [0.1, 0.15) is 0 Å². The highest BCUT2D eigenvalue weighted by Crippen LogP contribution is 2.38. The van der Waals surface area contributed by atoms with E-state index in [0.29, 0.717) is 0 Å². The maximum atomic E-state index is 6.11. The number of hydrogen-bond acceptors (Lipinski definition) is 1. The van der Waals surface area contributed by atoms with E-state index in [1.54, 1.807) is 0 Å². The predicted octanol–water partition coefficient (Wildman–Crippen LogP) is 3.69. The second-order valence-corrected chi connectivity index (χ2v) is 13.7. The smallest absolute Gasteiger partial charge is 0.248 e. The second-order valence-electron chi connectivity index (χ2n) is 5.58. The molecule has 0 saturated carbocycles. The Bertz CT molecular complexity index is 149. The van der Waals surface area contributed by atoms with Crippen molar-refractivity contribution in [1.29, 1.82) is 0 Å².